The van der Waals surface area contributed by atoms with Crippen molar-refractivity contribution in [3.8, 4) is 0 Å². The molecule has 1 atom stereocenters. The SMILES string of the molecule is CC(=N/C=C(\C=N)C(=O)NCC1CCCN(S(C)(=O)=O)C1)c1cccc(F)c1. The molecule has 0 aliphatic carbocycles. The van der Waals surface area contributed by atoms with Gasteiger partial charge in [0.25, 0.3) is 5.91 Å². The predicted octanol–water partition coefficient (Wildman–Crippen LogP) is 1.96. The summed E-state index contributed by atoms with van der Waals surface area (Å²) in [6.45, 7) is 2.89. The molecule has 1 aromatic carbocycles. The summed E-state index contributed by atoms with van der Waals surface area (Å²) in [7, 11) is -3.24. The molecule has 152 valence electrons. The number of aliphatic imine (C=N–C) groups is 1. The van der Waals surface area contributed by atoms with Crippen molar-refractivity contribution >= 4 is 27.9 Å². The maximum Gasteiger partial charge on any atom is 0.254 e. The van der Waals surface area contributed by atoms with Gasteiger partial charge in [0, 0.05) is 37.8 Å². The van der Waals surface area contributed by atoms with E-state index in [-0.39, 0.29) is 17.3 Å². The van der Waals surface area contributed by atoms with Gasteiger partial charge in [-0.2, -0.15) is 0 Å². The molecule has 1 saturated heterocycles. The number of carbonyl (C=O) groups is 1. The Labute approximate surface area is 164 Å². The Kier molecular flexibility index (Phi) is 7.59. The summed E-state index contributed by atoms with van der Waals surface area (Å²) in [5, 5.41) is 10.2. The van der Waals surface area contributed by atoms with E-state index in [2.05, 4.69) is 10.3 Å². The molecular weight excluding hydrogens is 383 g/mol. The van der Waals surface area contributed by atoms with E-state index in [1.165, 1.54) is 28.9 Å². The zero-order chi connectivity index (χ0) is 20.7. The second kappa shape index (κ2) is 9.70. The predicted molar refractivity (Wildman–Crippen MR) is 108 cm³/mol. The summed E-state index contributed by atoms with van der Waals surface area (Å²) in [4.78, 5) is 16.5. The number of nitrogens with one attached hydrogen (secondary N) is 2. The van der Waals surface area contributed by atoms with E-state index in [1.54, 1.807) is 19.1 Å². The van der Waals surface area contributed by atoms with Crippen LogP contribution in [0.1, 0.15) is 25.3 Å². The van der Waals surface area contributed by atoms with Crippen LogP contribution < -0.4 is 5.32 Å². The molecule has 0 bridgehead atoms. The van der Waals surface area contributed by atoms with E-state index >= 15 is 0 Å². The first kappa shape index (κ1) is 21.9. The second-order valence-corrected chi connectivity index (χ2v) is 8.78. The molecular formula is C19H25FN4O3S. The number of piperidine rings is 1. The largest absolute Gasteiger partial charge is 0.352 e. The van der Waals surface area contributed by atoms with Crippen molar-refractivity contribution in [2.45, 2.75) is 19.8 Å². The van der Waals surface area contributed by atoms with Gasteiger partial charge >= 0.3 is 0 Å². The minimum atomic E-state index is -3.24. The molecule has 1 heterocycles. The molecule has 0 saturated carbocycles. The van der Waals surface area contributed by atoms with E-state index in [0.29, 0.717) is 30.9 Å². The number of hydrogen-bond donors (Lipinski definition) is 2. The Morgan fingerprint density at radius 1 is 1.46 bits per heavy atom. The number of amides is 1. The number of halogens is 1. The third-order valence-corrected chi connectivity index (χ3v) is 5.83. The Bertz CT molecular complexity index is 896. The quantitative estimate of drug-likeness (QED) is 0.532. The molecule has 1 amide bonds. The number of nitrogens with zero attached hydrogens (tertiary/aromatic N) is 2. The van der Waals surface area contributed by atoms with Crippen LogP contribution in [0.25, 0.3) is 0 Å². The van der Waals surface area contributed by atoms with Crippen molar-refractivity contribution in [3.05, 3.63) is 47.4 Å². The minimum absolute atomic E-state index is 0.0249. The highest BCUT2D eigenvalue weighted by molar-refractivity contribution is 7.88. The smallest absolute Gasteiger partial charge is 0.254 e. The molecule has 1 unspecified atom stereocenters. The lowest BCUT2D eigenvalue weighted by molar-refractivity contribution is -0.117. The summed E-state index contributed by atoms with van der Waals surface area (Å²) < 4.78 is 38.1. The van der Waals surface area contributed by atoms with Gasteiger partial charge in [-0.15, -0.1) is 0 Å². The first-order chi connectivity index (χ1) is 13.2. The van der Waals surface area contributed by atoms with Gasteiger partial charge in [-0.05, 0) is 43.4 Å². The second-order valence-electron chi connectivity index (χ2n) is 6.79. The highest BCUT2D eigenvalue weighted by atomic mass is 32.2. The third kappa shape index (κ3) is 6.35. The van der Waals surface area contributed by atoms with Gasteiger partial charge in [0.05, 0.1) is 11.8 Å². The molecule has 2 N–H and O–H groups in total. The van der Waals surface area contributed by atoms with Crippen LogP contribution in [-0.2, 0) is 14.8 Å². The van der Waals surface area contributed by atoms with Crippen LogP contribution >= 0.6 is 0 Å². The zero-order valence-electron chi connectivity index (χ0n) is 16.0. The summed E-state index contributed by atoms with van der Waals surface area (Å²) in [6, 6.07) is 5.95. The van der Waals surface area contributed by atoms with E-state index in [4.69, 9.17) is 5.41 Å². The van der Waals surface area contributed by atoms with Crippen LogP contribution in [0.15, 0.2) is 41.0 Å². The van der Waals surface area contributed by atoms with Crippen molar-refractivity contribution < 1.29 is 17.6 Å². The first-order valence-electron chi connectivity index (χ1n) is 8.95. The Morgan fingerprint density at radius 3 is 2.86 bits per heavy atom. The molecule has 9 heteroatoms. The van der Waals surface area contributed by atoms with Crippen molar-refractivity contribution in [2.75, 3.05) is 25.9 Å². The van der Waals surface area contributed by atoms with Crippen molar-refractivity contribution in [2.24, 2.45) is 10.9 Å². The fraction of sp³-hybridized carbons (Fsp3) is 0.421. The first-order valence-corrected chi connectivity index (χ1v) is 10.8. The number of benzene rings is 1. The summed E-state index contributed by atoms with van der Waals surface area (Å²) in [5.41, 5.74) is 1.17. The number of sulfonamides is 1. The summed E-state index contributed by atoms with van der Waals surface area (Å²) in [6.07, 6.45) is 4.93. The van der Waals surface area contributed by atoms with E-state index in [0.717, 1.165) is 19.1 Å². The molecule has 0 aromatic heterocycles. The van der Waals surface area contributed by atoms with E-state index < -0.39 is 15.9 Å². The lowest BCUT2D eigenvalue weighted by atomic mass is 9.99. The van der Waals surface area contributed by atoms with Gasteiger partial charge in [0.15, 0.2) is 0 Å². The Morgan fingerprint density at radius 2 is 2.21 bits per heavy atom. The topological polar surface area (TPSA) is 103 Å². The molecule has 1 fully saturated rings. The van der Waals surface area contributed by atoms with Gasteiger partial charge in [0.2, 0.25) is 10.0 Å². The van der Waals surface area contributed by atoms with Gasteiger partial charge < -0.3 is 10.7 Å². The molecule has 7 nitrogen and oxygen atoms in total. The maximum absolute atomic E-state index is 13.3. The molecule has 0 spiro atoms. The van der Waals surface area contributed by atoms with Gasteiger partial charge in [-0.1, -0.05) is 12.1 Å². The highest BCUT2D eigenvalue weighted by Gasteiger charge is 2.26. The molecule has 0 radical (unpaired) electrons. The highest BCUT2D eigenvalue weighted by Crippen LogP contribution is 2.18. The maximum atomic E-state index is 13.3. The van der Waals surface area contributed by atoms with Gasteiger partial charge in [-0.25, -0.2) is 17.1 Å². The molecule has 1 aliphatic heterocycles. The summed E-state index contributed by atoms with van der Waals surface area (Å²) >= 11 is 0. The lowest BCUT2D eigenvalue weighted by Gasteiger charge is -2.30. The van der Waals surface area contributed by atoms with Crippen LogP contribution in [-0.4, -0.2) is 56.4 Å². The fourth-order valence-corrected chi connectivity index (χ4v) is 3.89. The van der Waals surface area contributed by atoms with Crippen LogP contribution in [0.2, 0.25) is 0 Å². The molecule has 1 aliphatic rings. The Balaban J connectivity index is 1.98. The van der Waals surface area contributed by atoms with Crippen molar-refractivity contribution in [1.82, 2.24) is 9.62 Å². The van der Waals surface area contributed by atoms with E-state index in [1.807, 2.05) is 0 Å². The monoisotopic (exact) mass is 408 g/mol. The van der Waals surface area contributed by atoms with Crippen LogP contribution in [0.5, 0.6) is 0 Å². The fourth-order valence-electron chi connectivity index (χ4n) is 2.95. The minimum Gasteiger partial charge on any atom is -0.352 e. The zero-order valence-corrected chi connectivity index (χ0v) is 16.8. The lowest BCUT2D eigenvalue weighted by Crippen LogP contribution is -2.43. The van der Waals surface area contributed by atoms with Gasteiger partial charge in [0.1, 0.15) is 5.82 Å². The van der Waals surface area contributed by atoms with Crippen molar-refractivity contribution in [1.29, 1.82) is 5.41 Å². The van der Waals surface area contributed by atoms with Gasteiger partial charge in [-0.3, -0.25) is 9.79 Å². The normalized spacial score (nSPS) is 19.3. The average molecular weight is 408 g/mol. The van der Waals surface area contributed by atoms with Crippen LogP contribution in [0, 0.1) is 17.1 Å². The van der Waals surface area contributed by atoms with Crippen molar-refractivity contribution in [3.63, 3.8) is 0 Å². The average Bonchev–Trinajstić information content (AvgIpc) is 2.66. The summed E-state index contributed by atoms with van der Waals surface area (Å²) in [5.74, 6) is -0.809. The number of carbonyl (C=O) groups excluding carboxylic acids is 1. The molecule has 1 aromatic rings. The van der Waals surface area contributed by atoms with E-state index in [9.17, 15) is 17.6 Å². The number of hydrogen-bond acceptors (Lipinski definition) is 5. The number of rotatable bonds is 7. The molecule has 28 heavy (non-hydrogen) atoms. The van der Waals surface area contributed by atoms with Crippen LogP contribution in [0.4, 0.5) is 4.39 Å². The Hall–Kier alpha value is -2.39. The standard InChI is InChI=1S/C19H25FN4O3S/c1-14(16-6-3-7-18(20)9-16)22-12-17(10-21)19(25)23-11-15-5-4-8-24(13-15)28(2,26)27/h3,6-7,9-10,12,15,21H,4-5,8,11,13H2,1-2H3,(H,23,25)/b17-12+,21-10?,22-14?. The van der Waals surface area contributed by atoms with Crippen LogP contribution in [0.3, 0.4) is 0 Å². The molecule has 2 rings (SSSR count). The third-order valence-electron chi connectivity index (χ3n) is 4.56.